The molecule has 0 radical (unpaired) electrons. The average molecular weight is 173 g/mol. The summed E-state index contributed by atoms with van der Waals surface area (Å²) in [5.41, 5.74) is 2.43. The highest BCUT2D eigenvalue weighted by molar-refractivity contribution is 5.59. The SMILES string of the molecule is CCc1ccccc1-c1ncn[nH]1. The third-order valence-corrected chi connectivity index (χ3v) is 2.07. The van der Waals surface area contributed by atoms with E-state index in [1.165, 1.54) is 11.9 Å². The van der Waals surface area contributed by atoms with Crippen molar-refractivity contribution in [3.63, 3.8) is 0 Å². The zero-order valence-corrected chi connectivity index (χ0v) is 7.49. The van der Waals surface area contributed by atoms with Crippen molar-refractivity contribution in [2.24, 2.45) is 0 Å². The Bertz CT molecular complexity index is 379. The summed E-state index contributed by atoms with van der Waals surface area (Å²) < 4.78 is 0. The largest absolute Gasteiger partial charge is 0.259 e. The predicted octanol–water partition coefficient (Wildman–Crippen LogP) is 2.03. The lowest BCUT2D eigenvalue weighted by atomic mass is 10.1. The van der Waals surface area contributed by atoms with E-state index in [2.05, 4.69) is 34.2 Å². The van der Waals surface area contributed by atoms with Crippen molar-refractivity contribution in [2.75, 3.05) is 0 Å². The summed E-state index contributed by atoms with van der Waals surface area (Å²) in [6.45, 7) is 2.13. The summed E-state index contributed by atoms with van der Waals surface area (Å²) in [7, 11) is 0. The number of benzene rings is 1. The molecule has 1 aromatic heterocycles. The quantitative estimate of drug-likeness (QED) is 0.755. The van der Waals surface area contributed by atoms with Crippen LogP contribution in [-0.4, -0.2) is 15.2 Å². The second-order valence-corrected chi connectivity index (χ2v) is 2.84. The van der Waals surface area contributed by atoms with Crippen LogP contribution >= 0.6 is 0 Å². The number of aromatic nitrogens is 3. The van der Waals surface area contributed by atoms with Crippen LogP contribution in [0.5, 0.6) is 0 Å². The van der Waals surface area contributed by atoms with E-state index in [-0.39, 0.29) is 0 Å². The fourth-order valence-electron chi connectivity index (χ4n) is 1.39. The van der Waals surface area contributed by atoms with Gasteiger partial charge in [0.15, 0.2) is 5.82 Å². The molecule has 2 aromatic rings. The molecule has 0 atom stereocenters. The zero-order chi connectivity index (χ0) is 9.10. The molecule has 0 fully saturated rings. The van der Waals surface area contributed by atoms with Crippen molar-refractivity contribution in [1.82, 2.24) is 15.2 Å². The molecule has 2 rings (SSSR count). The lowest BCUT2D eigenvalue weighted by Gasteiger charge is -2.02. The van der Waals surface area contributed by atoms with Gasteiger partial charge in [-0.3, -0.25) is 5.10 Å². The molecular formula is C10H11N3. The smallest absolute Gasteiger partial charge is 0.155 e. The van der Waals surface area contributed by atoms with E-state index in [1.54, 1.807) is 0 Å². The number of H-pyrrole nitrogens is 1. The van der Waals surface area contributed by atoms with E-state index in [1.807, 2.05) is 12.1 Å². The molecule has 1 aromatic carbocycles. The molecule has 0 amide bonds. The van der Waals surface area contributed by atoms with Gasteiger partial charge in [0.05, 0.1) is 0 Å². The molecule has 13 heavy (non-hydrogen) atoms. The van der Waals surface area contributed by atoms with Gasteiger partial charge >= 0.3 is 0 Å². The van der Waals surface area contributed by atoms with Crippen LogP contribution in [0.25, 0.3) is 11.4 Å². The number of nitrogens with zero attached hydrogens (tertiary/aromatic N) is 2. The van der Waals surface area contributed by atoms with Gasteiger partial charge in [-0.05, 0) is 12.0 Å². The molecule has 1 N–H and O–H groups in total. The van der Waals surface area contributed by atoms with Crippen LogP contribution in [0.15, 0.2) is 30.6 Å². The van der Waals surface area contributed by atoms with E-state index in [0.29, 0.717) is 0 Å². The molecular weight excluding hydrogens is 162 g/mol. The summed E-state index contributed by atoms with van der Waals surface area (Å²) in [5.74, 6) is 0.845. The Morgan fingerprint density at radius 2 is 2.15 bits per heavy atom. The first-order valence-corrected chi connectivity index (χ1v) is 4.35. The van der Waals surface area contributed by atoms with Crippen LogP contribution in [-0.2, 0) is 6.42 Å². The van der Waals surface area contributed by atoms with Crippen molar-refractivity contribution >= 4 is 0 Å². The van der Waals surface area contributed by atoms with E-state index in [9.17, 15) is 0 Å². The maximum Gasteiger partial charge on any atom is 0.155 e. The average Bonchev–Trinajstić information content (AvgIpc) is 2.70. The molecule has 3 heteroatoms. The van der Waals surface area contributed by atoms with Crippen LogP contribution in [0.4, 0.5) is 0 Å². The fourth-order valence-corrected chi connectivity index (χ4v) is 1.39. The lowest BCUT2D eigenvalue weighted by molar-refractivity contribution is 1.08. The highest BCUT2D eigenvalue weighted by Gasteiger charge is 2.03. The van der Waals surface area contributed by atoms with Crippen molar-refractivity contribution in [1.29, 1.82) is 0 Å². The van der Waals surface area contributed by atoms with Crippen molar-refractivity contribution < 1.29 is 0 Å². The van der Waals surface area contributed by atoms with Gasteiger partial charge in [-0.25, -0.2) is 4.98 Å². The topological polar surface area (TPSA) is 41.6 Å². The van der Waals surface area contributed by atoms with Crippen molar-refractivity contribution in [3.8, 4) is 11.4 Å². The van der Waals surface area contributed by atoms with Crippen molar-refractivity contribution in [3.05, 3.63) is 36.2 Å². The maximum atomic E-state index is 4.13. The van der Waals surface area contributed by atoms with E-state index < -0.39 is 0 Å². The Balaban J connectivity index is 2.51. The van der Waals surface area contributed by atoms with Gasteiger partial charge in [-0.1, -0.05) is 31.2 Å². The standard InChI is InChI=1S/C10H11N3/c1-2-8-5-3-4-6-9(8)10-11-7-12-13-10/h3-7H,2H2,1H3,(H,11,12,13). The number of hydrogen-bond donors (Lipinski definition) is 1. The minimum absolute atomic E-state index is 0.845. The summed E-state index contributed by atoms with van der Waals surface area (Å²) in [6, 6.07) is 8.22. The Hall–Kier alpha value is -1.64. The van der Waals surface area contributed by atoms with E-state index >= 15 is 0 Å². The van der Waals surface area contributed by atoms with Gasteiger partial charge in [0.2, 0.25) is 0 Å². The van der Waals surface area contributed by atoms with Crippen LogP contribution < -0.4 is 0 Å². The second kappa shape index (κ2) is 3.39. The van der Waals surface area contributed by atoms with Gasteiger partial charge in [0, 0.05) is 5.56 Å². The molecule has 3 nitrogen and oxygen atoms in total. The summed E-state index contributed by atoms with van der Waals surface area (Å²) >= 11 is 0. The van der Waals surface area contributed by atoms with Gasteiger partial charge in [-0.15, -0.1) is 0 Å². The zero-order valence-electron chi connectivity index (χ0n) is 7.49. The van der Waals surface area contributed by atoms with E-state index in [4.69, 9.17) is 0 Å². The number of aromatic amines is 1. The molecule has 0 aliphatic rings. The number of hydrogen-bond acceptors (Lipinski definition) is 2. The highest BCUT2D eigenvalue weighted by Crippen LogP contribution is 2.19. The fraction of sp³-hybridized carbons (Fsp3) is 0.200. The Morgan fingerprint density at radius 3 is 2.85 bits per heavy atom. The molecule has 1 heterocycles. The first-order valence-electron chi connectivity index (χ1n) is 4.35. The Kier molecular flexibility index (Phi) is 2.08. The normalized spacial score (nSPS) is 10.2. The first-order chi connectivity index (χ1) is 6.42. The van der Waals surface area contributed by atoms with Gasteiger partial charge < -0.3 is 0 Å². The van der Waals surface area contributed by atoms with Crippen molar-refractivity contribution in [2.45, 2.75) is 13.3 Å². The first kappa shape index (κ1) is 7.98. The molecule has 0 spiro atoms. The predicted molar refractivity (Wildman–Crippen MR) is 51.2 cm³/mol. The maximum absolute atomic E-state index is 4.13. The summed E-state index contributed by atoms with van der Waals surface area (Å²) in [4.78, 5) is 4.13. The lowest BCUT2D eigenvalue weighted by Crippen LogP contribution is -1.88. The third kappa shape index (κ3) is 1.45. The molecule has 0 unspecified atom stereocenters. The van der Waals surface area contributed by atoms with Crippen LogP contribution in [0.1, 0.15) is 12.5 Å². The third-order valence-electron chi connectivity index (χ3n) is 2.07. The van der Waals surface area contributed by atoms with Gasteiger partial charge in [0.25, 0.3) is 0 Å². The molecule has 0 aliphatic carbocycles. The summed E-state index contributed by atoms with van der Waals surface area (Å²) in [6.07, 6.45) is 2.54. The van der Waals surface area contributed by atoms with Gasteiger partial charge in [-0.2, -0.15) is 5.10 Å². The molecule has 0 saturated carbocycles. The minimum Gasteiger partial charge on any atom is -0.259 e. The highest BCUT2D eigenvalue weighted by atomic mass is 15.2. The summed E-state index contributed by atoms with van der Waals surface area (Å²) in [5, 5.41) is 6.70. The van der Waals surface area contributed by atoms with E-state index in [0.717, 1.165) is 17.8 Å². The number of nitrogens with one attached hydrogen (secondary N) is 1. The Labute approximate surface area is 76.8 Å². The Morgan fingerprint density at radius 1 is 1.31 bits per heavy atom. The second-order valence-electron chi connectivity index (χ2n) is 2.84. The van der Waals surface area contributed by atoms with Gasteiger partial charge in [0.1, 0.15) is 6.33 Å². The monoisotopic (exact) mass is 173 g/mol. The van der Waals surface area contributed by atoms with Crippen LogP contribution in [0, 0.1) is 0 Å². The molecule has 0 bridgehead atoms. The molecule has 66 valence electrons. The van der Waals surface area contributed by atoms with Crippen LogP contribution in [0.3, 0.4) is 0 Å². The number of aryl methyl sites for hydroxylation is 1. The molecule has 0 saturated heterocycles. The number of rotatable bonds is 2. The molecule has 0 aliphatic heterocycles. The van der Waals surface area contributed by atoms with Crippen LogP contribution in [0.2, 0.25) is 0 Å². The minimum atomic E-state index is 0.845.